The van der Waals surface area contributed by atoms with Crippen molar-refractivity contribution in [1.29, 1.82) is 0 Å². The molecule has 78 valence electrons. The molecule has 0 unspecified atom stereocenters. The third-order valence-electron chi connectivity index (χ3n) is 1.71. The van der Waals surface area contributed by atoms with Crippen molar-refractivity contribution in [2.24, 2.45) is 0 Å². The summed E-state index contributed by atoms with van der Waals surface area (Å²) in [6, 6.07) is 0. The maximum atomic E-state index is 11.0. The summed E-state index contributed by atoms with van der Waals surface area (Å²) in [6.07, 6.45) is 2.45. The lowest BCUT2D eigenvalue weighted by atomic mass is 10.4. The van der Waals surface area contributed by atoms with Gasteiger partial charge in [-0.15, -0.1) is 13.2 Å². The lowest BCUT2D eigenvalue weighted by Gasteiger charge is -2.12. The highest BCUT2D eigenvalue weighted by Gasteiger charge is 2.22. The van der Waals surface area contributed by atoms with Crippen LogP contribution in [-0.4, -0.2) is 29.9 Å². The topological polar surface area (TPSA) is 46.6 Å². The largest absolute Gasteiger partial charge is 0.434 e. The van der Waals surface area contributed by atoms with Crippen LogP contribution in [0.25, 0.3) is 0 Å². The Morgan fingerprint density at radius 3 is 2.64 bits per heavy atom. The Bertz CT molecular complexity index is 225. The molecule has 14 heavy (non-hydrogen) atoms. The van der Waals surface area contributed by atoms with Gasteiger partial charge in [-0.05, 0) is 6.42 Å². The van der Waals surface area contributed by atoms with Crippen LogP contribution in [0.5, 0.6) is 0 Å². The predicted octanol–water partition coefficient (Wildman–Crippen LogP) is 1.10. The summed E-state index contributed by atoms with van der Waals surface area (Å²) in [5.41, 5.74) is 0. The van der Waals surface area contributed by atoms with Gasteiger partial charge in [0.05, 0.1) is 6.26 Å². The van der Waals surface area contributed by atoms with Crippen molar-refractivity contribution in [3.05, 3.63) is 26.0 Å². The zero-order valence-corrected chi connectivity index (χ0v) is 8.20. The summed E-state index contributed by atoms with van der Waals surface area (Å²) in [5.74, 6) is -0.406. The van der Waals surface area contributed by atoms with Crippen LogP contribution in [0.1, 0.15) is 12.8 Å². The molecule has 0 aromatic heterocycles. The second kappa shape index (κ2) is 6.88. The molecule has 0 atom stereocenters. The number of likely N-dealkylation sites (tertiary alicyclic amines) is 1. The van der Waals surface area contributed by atoms with Gasteiger partial charge in [0.1, 0.15) is 6.54 Å². The van der Waals surface area contributed by atoms with Crippen LogP contribution in [0.2, 0.25) is 0 Å². The van der Waals surface area contributed by atoms with Crippen LogP contribution in [0, 0.1) is 0 Å². The molecule has 0 spiro atoms. The van der Waals surface area contributed by atoms with Gasteiger partial charge in [0.2, 0.25) is 5.91 Å². The Morgan fingerprint density at radius 2 is 2.21 bits per heavy atom. The van der Waals surface area contributed by atoms with Crippen LogP contribution in [0.4, 0.5) is 0 Å². The molecule has 4 nitrogen and oxygen atoms in total. The molecule has 1 rings (SSSR count). The number of carbonyl (C=O) groups excluding carboxylic acids is 2. The van der Waals surface area contributed by atoms with E-state index in [1.54, 1.807) is 0 Å². The first-order valence-corrected chi connectivity index (χ1v) is 4.32. The Morgan fingerprint density at radius 1 is 1.57 bits per heavy atom. The van der Waals surface area contributed by atoms with E-state index in [9.17, 15) is 9.59 Å². The van der Waals surface area contributed by atoms with Gasteiger partial charge in [0.15, 0.2) is 0 Å². The van der Waals surface area contributed by atoms with Crippen molar-refractivity contribution < 1.29 is 14.3 Å². The third-order valence-corrected chi connectivity index (χ3v) is 1.71. The summed E-state index contributed by atoms with van der Waals surface area (Å²) in [5, 5.41) is 0. The molecule has 1 aliphatic rings. The van der Waals surface area contributed by atoms with Gasteiger partial charge >= 0.3 is 5.97 Å². The van der Waals surface area contributed by atoms with Gasteiger partial charge in [0.25, 0.3) is 0 Å². The molecule has 1 aliphatic heterocycles. The number of nitrogens with zero attached hydrogens (tertiary/aromatic N) is 1. The van der Waals surface area contributed by atoms with Gasteiger partial charge in [-0.1, -0.05) is 6.58 Å². The van der Waals surface area contributed by atoms with Crippen molar-refractivity contribution in [2.75, 3.05) is 13.1 Å². The number of esters is 1. The van der Waals surface area contributed by atoms with E-state index in [1.807, 2.05) is 0 Å². The van der Waals surface area contributed by atoms with Gasteiger partial charge in [-0.2, -0.15) is 0 Å². The van der Waals surface area contributed by atoms with Crippen molar-refractivity contribution in [3.63, 3.8) is 0 Å². The minimum absolute atomic E-state index is 0.0241. The molecule has 0 bridgehead atoms. The first-order chi connectivity index (χ1) is 6.74. The van der Waals surface area contributed by atoms with Crippen molar-refractivity contribution in [2.45, 2.75) is 12.8 Å². The average Bonchev–Trinajstić information content (AvgIpc) is 2.56. The quantitative estimate of drug-likeness (QED) is 0.386. The minimum atomic E-state index is -0.430. The fraction of sp³-hybridized carbons (Fsp3) is 0.400. The molecular weight excluding hydrogens is 182 g/mol. The Balaban J connectivity index is 0.000000791. The molecular formula is C10H15NO3. The highest BCUT2D eigenvalue weighted by Crippen LogP contribution is 2.08. The van der Waals surface area contributed by atoms with E-state index in [1.165, 1.54) is 4.90 Å². The number of hydrogen-bond donors (Lipinski definition) is 0. The maximum absolute atomic E-state index is 11.0. The van der Waals surface area contributed by atoms with E-state index >= 15 is 0 Å². The van der Waals surface area contributed by atoms with E-state index in [0.29, 0.717) is 13.0 Å². The standard InChI is InChI=1S/C8H11NO3.C2H4/c1-2-12-8(11)6-9-5-3-4-7(9)10;1-2/h2H,1,3-6H2;1-2H2. The van der Waals surface area contributed by atoms with Gasteiger partial charge in [0, 0.05) is 13.0 Å². The molecule has 1 saturated heterocycles. The fourth-order valence-electron chi connectivity index (χ4n) is 1.16. The molecule has 0 saturated carbocycles. The van der Waals surface area contributed by atoms with Crippen LogP contribution < -0.4 is 0 Å². The first kappa shape index (κ1) is 12.4. The zero-order valence-electron chi connectivity index (χ0n) is 8.20. The number of hydrogen-bond acceptors (Lipinski definition) is 3. The molecule has 0 aliphatic carbocycles. The zero-order chi connectivity index (χ0) is 11.0. The Kier molecular flexibility index (Phi) is 6.11. The summed E-state index contributed by atoms with van der Waals surface area (Å²) in [6.45, 7) is 9.95. The Labute approximate surface area is 83.8 Å². The maximum Gasteiger partial charge on any atom is 0.330 e. The van der Waals surface area contributed by atoms with Gasteiger partial charge in [-0.3, -0.25) is 4.79 Å². The summed E-state index contributed by atoms with van der Waals surface area (Å²) < 4.78 is 4.48. The predicted molar refractivity (Wildman–Crippen MR) is 53.4 cm³/mol. The van der Waals surface area contributed by atoms with Crippen LogP contribution in [-0.2, 0) is 14.3 Å². The van der Waals surface area contributed by atoms with E-state index < -0.39 is 5.97 Å². The highest BCUT2D eigenvalue weighted by molar-refractivity contribution is 5.83. The SMILES string of the molecule is C=C.C=COC(=O)CN1CCCC1=O. The molecule has 4 heteroatoms. The molecule has 1 fully saturated rings. The van der Waals surface area contributed by atoms with Gasteiger partial charge < -0.3 is 9.64 Å². The van der Waals surface area contributed by atoms with E-state index in [-0.39, 0.29) is 12.5 Å². The van der Waals surface area contributed by atoms with Crippen LogP contribution >= 0.6 is 0 Å². The average molecular weight is 197 g/mol. The second-order valence-electron chi connectivity index (χ2n) is 2.58. The van der Waals surface area contributed by atoms with Crippen molar-refractivity contribution in [3.8, 4) is 0 Å². The van der Waals surface area contributed by atoms with Crippen LogP contribution in [0.15, 0.2) is 26.0 Å². The fourth-order valence-corrected chi connectivity index (χ4v) is 1.16. The van der Waals surface area contributed by atoms with Crippen molar-refractivity contribution >= 4 is 11.9 Å². The number of rotatable bonds is 3. The minimum Gasteiger partial charge on any atom is -0.434 e. The number of ether oxygens (including phenoxy) is 1. The molecule has 0 radical (unpaired) electrons. The molecule has 0 N–H and O–H groups in total. The molecule has 0 aromatic rings. The number of carbonyl (C=O) groups is 2. The van der Waals surface area contributed by atoms with Gasteiger partial charge in [-0.25, -0.2) is 4.79 Å². The lowest BCUT2D eigenvalue weighted by Crippen LogP contribution is -2.31. The summed E-state index contributed by atoms with van der Waals surface area (Å²) in [7, 11) is 0. The first-order valence-electron chi connectivity index (χ1n) is 4.32. The summed E-state index contributed by atoms with van der Waals surface area (Å²) >= 11 is 0. The Hall–Kier alpha value is -1.58. The second-order valence-corrected chi connectivity index (χ2v) is 2.58. The smallest absolute Gasteiger partial charge is 0.330 e. The van der Waals surface area contributed by atoms with E-state index in [4.69, 9.17) is 0 Å². The van der Waals surface area contributed by atoms with E-state index in [0.717, 1.165) is 12.7 Å². The summed E-state index contributed by atoms with van der Waals surface area (Å²) in [4.78, 5) is 23.4. The monoisotopic (exact) mass is 197 g/mol. The van der Waals surface area contributed by atoms with Crippen LogP contribution in [0.3, 0.4) is 0 Å². The van der Waals surface area contributed by atoms with Crippen molar-refractivity contribution in [1.82, 2.24) is 4.90 Å². The lowest BCUT2D eigenvalue weighted by molar-refractivity contribution is -0.143. The highest BCUT2D eigenvalue weighted by atomic mass is 16.5. The normalized spacial score (nSPS) is 14.3. The number of amides is 1. The molecule has 1 heterocycles. The molecule has 1 amide bonds. The third kappa shape index (κ3) is 3.89. The molecule has 0 aromatic carbocycles. The van der Waals surface area contributed by atoms with E-state index in [2.05, 4.69) is 24.5 Å².